The van der Waals surface area contributed by atoms with Crippen molar-refractivity contribution in [2.75, 3.05) is 13.1 Å². The van der Waals surface area contributed by atoms with Crippen LogP contribution in [0.4, 0.5) is 0 Å². The first-order valence-corrected chi connectivity index (χ1v) is 11.2. The Morgan fingerprint density at radius 1 is 1.13 bits per heavy atom. The zero-order chi connectivity index (χ0) is 21.4. The zero-order valence-electron chi connectivity index (χ0n) is 16.8. The van der Waals surface area contributed by atoms with Crippen LogP contribution < -0.4 is 5.56 Å². The van der Waals surface area contributed by atoms with Gasteiger partial charge in [-0.3, -0.25) is 19.4 Å². The van der Waals surface area contributed by atoms with E-state index in [-0.39, 0.29) is 30.0 Å². The molecule has 3 aromatic rings. The largest absolute Gasteiger partial charge is 0.333 e. The van der Waals surface area contributed by atoms with Crippen molar-refractivity contribution in [2.24, 2.45) is 0 Å². The lowest BCUT2D eigenvalue weighted by molar-refractivity contribution is 0.0714. The van der Waals surface area contributed by atoms with Crippen LogP contribution in [-0.4, -0.2) is 49.7 Å². The van der Waals surface area contributed by atoms with Crippen LogP contribution in [0.25, 0.3) is 0 Å². The highest BCUT2D eigenvalue weighted by atomic mass is 32.1. The molecule has 1 saturated heterocycles. The molecule has 2 aliphatic heterocycles. The number of carbonyl (C=O) groups excluding carboxylic acids is 2. The second-order valence-corrected chi connectivity index (χ2v) is 8.65. The maximum absolute atomic E-state index is 12.9. The number of H-pyrrole nitrogens is 1. The first-order valence-electron chi connectivity index (χ1n) is 10.3. The highest BCUT2D eigenvalue weighted by molar-refractivity contribution is 7.12. The summed E-state index contributed by atoms with van der Waals surface area (Å²) >= 11 is 1.40. The van der Waals surface area contributed by atoms with Crippen molar-refractivity contribution < 1.29 is 9.59 Å². The van der Waals surface area contributed by atoms with Gasteiger partial charge in [0.15, 0.2) is 0 Å². The molecule has 0 aromatic carbocycles. The molecule has 31 heavy (non-hydrogen) atoms. The van der Waals surface area contributed by atoms with Gasteiger partial charge in [-0.15, -0.1) is 11.3 Å². The highest BCUT2D eigenvalue weighted by Gasteiger charge is 2.34. The Balaban J connectivity index is 1.40. The third-order valence-corrected chi connectivity index (χ3v) is 6.68. The molecule has 1 atom stereocenters. The molecule has 0 aliphatic carbocycles. The van der Waals surface area contributed by atoms with E-state index in [1.54, 1.807) is 40.3 Å². The Kier molecular flexibility index (Phi) is 5.11. The van der Waals surface area contributed by atoms with Gasteiger partial charge in [-0.2, -0.15) is 0 Å². The molecule has 3 aromatic heterocycles. The lowest BCUT2D eigenvalue weighted by Crippen LogP contribution is -2.40. The molecule has 2 aliphatic rings. The van der Waals surface area contributed by atoms with Gasteiger partial charge in [-0.1, -0.05) is 12.1 Å². The van der Waals surface area contributed by atoms with E-state index in [1.165, 1.54) is 11.3 Å². The van der Waals surface area contributed by atoms with Crippen LogP contribution in [0.3, 0.4) is 0 Å². The number of pyridine rings is 1. The molecular weight excluding hydrogens is 414 g/mol. The number of aromatic amines is 1. The number of carbonyl (C=O) groups is 2. The third-order valence-electron chi connectivity index (χ3n) is 5.82. The second-order valence-electron chi connectivity index (χ2n) is 7.70. The molecule has 0 spiro atoms. The van der Waals surface area contributed by atoms with Crippen molar-refractivity contribution in [1.82, 2.24) is 24.8 Å². The van der Waals surface area contributed by atoms with E-state index in [2.05, 4.69) is 9.97 Å². The van der Waals surface area contributed by atoms with Crippen LogP contribution >= 0.6 is 11.3 Å². The Bertz CT molecular complexity index is 1180. The van der Waals surface area contributed by atoms with Crippen molar-refractivity contribution >= 4 is 23.2 Å². The standard InChI is InChI=1S/C22H21N5O3S/c28-20-14-13-26(22(30)18-7-4-12-31-18)11-8-15(14)24-19(25-20)17-6-3-10-27(17)21(29)16-5-1-2-9-23-16/h1-2,4-5,7,9,12,17H,3,6,8,10-11,13H2,(H,24,25,28). The number of aromatic nitrogens is 3. The van der Waals surface area contributed by atoms with Crippen molar-refractivity contribution in [3.8, 4) is 0 Å². The fourth-order valence-corrected chi connectivity index (χ4v) is 4.95. The lowest BCUT2D eigenvalue weighted by atomic mass is 10.1. The van der Waals surface area contributed by atoms with Crippen molar-refractivity contribution in [3.63, 3.8) is 0 Å². The van der Waals surface area contributed by atoms with Crippen LogP contribution in [0.5, 0.6) is 0 Å². The molecule has 2 amide bonds. The smallest absolute Gasteiger partial charge is 0.273 e. The highest BCUT2D eigenvalue weighted by Crippen LogP contribution is 2.31. The van der Waals surface area contributed by atoms with Gasteiger partial charge < -0.3 is 14.8 Å². The summed E-state index contributed by atoms with van der Waals surface area (Å²) in [7, 11) is 0. The minimum atomic E-state index is -0.279. The first-order chi connectivity index (χ1) is 15.1. The Labute approximate surface area is 182 Å². The van der Waals surface area contributed by atoms with E-state index in [1.807, 2.05) is 11.4 Å². The Hall–Kier alpha value is -3.33. The summed E-state index contributed by atoms with van der Waals surface area (Å²) in [6.45, 7) is 1.36. The van der Waals surface area contributed by atoms with E-state index in [4.69, 9.17) is 4.98 Å². The summed E-state index contributed by atoms with van der Waals surface area (Å²) in [4.78, 5) is 54.4. The average molecular weight is 436 g/mol. The fraction of sp³-hybridized carbons (Fsp3) is 0.318. The van der Waals surface area contributed by atoms with Crippen molar-refractivity contribution in [1.29, 1.82) is 0 Å². The van der Waals surface area contributed by atoms with Crippen LogP contribution in [0.15, 0.2) is 46.7 Å². The number of hydrogen-bond donors (Lipinski definition) is 1. The lowest BCUT2D eigenvalue weighted by Gasteiger charge is -2.29. The second kappa shape index (κ2) is 8.07. The van der Waals surface area contributed by atoms with Crippen molar-refractivity contribution in [2.45, 2.75) is 31.8 Å². The molecule has 158 valence electrons. The average Bonchev–Trinajstić information content (AvgIpc) is 3.51. The first kappa shape index (κ1) is 19.6. The molecule has 0 saturated carbocycles. The summed E-state index contributed by atoms with van der Waals surface area (Å²) in [5.41, 5.74) is 1.39. The minimum Gasteiger partial charge on any atom is -0.333 e. The summed E-state index contributed by atoms with van der Waals surface area (Å²) in [6.07, 6.45) is 3.70. The number of fused-ring (bicyclic) bond motifs is 1. The fourth-order valence-electron chi connectivity index (χ4n) is 4.26. The maximum atomic E-state index is 12.9. The van der Waals surface area contributed by atoms with Crippen LogP contribution in [0.2, 0.25) is 0 Å². The molecular formula is C22H21N5O3S. The summed E-state index contributed by atoms with van der Waals surface area (Å²) in [6, 6.07) is 8.61. The molecule has 1 N–H and O–H groups in total. The number of amides is 2. The number of likely N-dealkylation sites (tertiary alicyclic amines) is 1. The Morgan fingerprint density at radius 2 is 2.03 bits per heavy atom. The SMILES string of the molecule is O=C(c1cccs1)N1CCc2nc(C3CCCN3C(=O)c3ccccn3)[nH]c(=O)c2C1. The number of nitrogens with one attached hydrogen (secondary N) is 1. The maximum Gasteiger partial charge on any atom is 0.273 e. The number of rotatable bonds is 3. The zero-order valence-corrected chi connectivity index (χ0v) is 17.6. The molecule has 0 radical (unpaired) electrons. The van der Waals surface area contributed by atoms with Crippen LogP contribution in [0.1, 0.15) is 56.1 Å². The van der Waals surface area contributed by atoms with Crippen LogP contribution in [-0.2, 0) is 13.0 Å². The van der Waals surface area contributed by atoms with E-state index in [9.17, 15) is 14.4 Å². The van der Waals surface area contributed by atoms with Crippen LogP contribution in [0, 0.1) is 0 Å². The molecule has 1 fully saturated rings. The molecule has 5 rings (SSSR count). The summed E-state index contributed by atoms with van der Waals surface area (Å²) in [5, 5.41) is 1.87. The number of hydrogen-bond acceptors (Lipinski definition) is 6. The molecule has 9 heteroatoms. The van der Waals surface area contributed by atoms with Crippen molar-refractivity contribution in [3.05, 3.63) is 79.9 Å². The van der Waals surface area contributed by atoms with E-state index in [0.717, 1.165) is 12.8 Å². The Morgan fingerprint density at radius 3 is 2.81 bits per heavy atom. The number of thiophene rings is 1. The quantitative estimate of drug-likeness (QED) is 0.681. The molecule has 5 heterocycles. The van der Waals surface area contributed by atoms with Gasteiger partial charge in [-0.05, 0) is 36.4 Å². The van der Waals surface area contributed by atoms with E-state index in [0.29, 0.717) is 47.2 Å². The number of nitrogens with zero attached hydrogens (tertiary/aromatic N) is 4. The summed E-state index contributed by atoms with van der Waals surface area (Å²) < 4.78 is 0. The van der Waals surface area contributed by atoms with Gasteiger partial charge in [0.25, 0.3) is 17.4 Å². The van der Waals surface area contributed by atoms with Gasteiger partial charge in [0, 0.05) is 25.7 Å². The molecule has 1 unspecified atom stereocenters. The van der Waals surface area contributed by atoms with Gasteiger partial charge in [0.05, 0.1) is 28.7 Å². The van der Waals surface area contributed by atoms with Gasteiger partial charge in [0.2, 0.25) is 0 Å². The van der Waals surface area contributed by atoms with Gasteiger partial charge in [0.1, 0.15) is 11.5 Å². The predicted octanol–water partition coefficient (Wildman–Crippen LogP) is 2.40. The monoisotopic (exact) mass is 435 g/mol. The third kappa shape index (κ3) is 3.65. The summed E-state index contributed by atoms with van der Waals surface area (Å²) in [5.74, 6) is 0.298. The predicted molar refractivity (Wildman–Crippen MR) is 115 cm³/mol. The molecule has 0 bridgehead atoms. The molecule has 8 nitrogen and oxygen atoms in total. The topological polar surface area (TPSA) is 99.3 Å². The van der Waals surface area contributed by atoms with E-state index >= 15 is 0 Å². The van der Waals surface area contributed by atoms with Gasteiger partial charge in [-0.25, -0.2) is 4.98 Å². The normalized spacial score (nSPS) is 18.1. The minimum absolute atomic E-state index is 0.0629. The van der Waals surface area contributed by atoms with Gasteiger partial charge >= 0.3 is 0 Å². The van der Waals surface area contributed by atoms with E-state index < -0.39 is 0 Å².